The number of hydrogen-bond acceptors (Lipinski definition) is 5. The summed E-state index contributed by atoms with van der Waals surface area (Å²) in [5.41, 5.74) is -0.935. The molecule has 0 aliphatic rings. The predicted octanol–water partition coefficient (Wildman–Crippen LogP) is 1.25. The summed E-state index contributed by atoms with van der Waals surface area (Å²) < 4.78 is 0. The molecule has 0 fully saturated rings. The van der Waals surface area contributed by atoms with Crippen LogP contribution in [0.2, 0.25) is 0 Å². The van der Waals surface area contributed by atoms with Crippen LogP contribution in [-0.4, -0.2) is 46.4 Å². The first-order valence-corrected chi connectivity index (χ1v) is 5.70. The van der Waals surface area contributed by atoms with Crippen molar-refractivity contribution in [3.63, 3.8) is 0 Å². The van der Waals surface area contributed by atoms with E-state index in [0.29, 0.717) is 18.8 Å². The van der Waals surface area contributed by atoms with Gasteiger partial charge in [0.05, 0.1) is 6.54 Å². The molecule has 0 aliphatic heterocycles. The molecule has 0 aromatic carbocycles. The number of rotatable bonds is 6. The molecule has 88 valence electrons. The van der Waals surface area contributed by atoms with Crippen molar-refractivity contribution in [3.8, 4) is 0 Å². The minimum atomic E-state index is -0.935. The zero-order valence-corrected chi connectivity index (χ0v) is 10.5. The van der Waals surface area contributed by atoms with Gasteiger partial charge in [0, 0.05) is 38.0 Å². The number of nitrogens with zero attached hydrogens (tertiary/aromatic N) is 2. The topological polar surface area (TPSA) is 63.5 Å². The van der Waals surface area contributed by atoms with Gasteiger partial charge in [-0.05, 0) is 7.05 Å². The van der Waals surface area contributed by atoms with Gasteiger partial charge in [0.15, 0.2) is 5.12 Å². The van der Waals surface area contributed by atoms with E-state index in [-0.39, 0.29) is 10.0 Å². The van der Waals surface area contributed by atoms with Crippen molar-refractivity contribution in [1.29, 1.82) is 0 Å². The maximum absolute atomic E-state index is 10.7. The molecule has 0 saturated carbocycles. The fourth-order valence-electron chi connectivity index (χ4n) is 1.14. The van der Waals surface area contributed by atoms with Gasteiger partial charge in [0.1, 0.15) is 0 Å². The van der Waals surface area contributed by atoms with Crippen molar-refractivity contribution >= 4 is 16.9 Å². The zero-order chi connectivity index (χ0) is 12.1. The minimum Gasteiger partial charge on any atom is -0.299 e. The smallest absolute Gasteiger partial charge is 0.229 e. The number of thioether (sulfide) groups is 1. The van der Waals surface area contributed by atoms with Crippen LogP contribution in [0.3, 0.4) is 0 Å². The normalized spacial score (nSPS) is 11.8. The van der Waals surface area contributed by atoms with Gasteiger partial charge in [0.25, 0.3) is 0 Å². The van der Waals surface area contributed by atoms with Crippen LogP contribution in [0.25, 0.3) is 0 Å². The van der Waals surface area contributed by atoms with Crippen LogP contribution in [0.15, 0.2) is 0 Å². The lowest BCUT2D eigenvalue weighted by molar-refractivity contribution is -0.560. The molecule has 0 aromatic heterocycles. The number of nitro groups is 1. The molecule has 0 saturated heterocycles. The Hall–Kier alpha value is -0.620. The molecule has 0 bridgehead atoms. The van der Waals surface area contributed by atoms with Crippen molar-refractivity contribution in [2.24, 2.45) is 0 Å². The van der Waals surface area contributed by atoms with Gasteiger partial charge < -0.3 is 0 Å². The van der Waals surface area contributed by atoms with Crippen molar-refractivity contribution in [2.75, 3.05) is 25.9 Å². The van der Waals surface area contributed by atoms with E-state index in [2.05, 4.69) is 0 Å². The summed E-state index contributed by atoms with van der Waals surface area (Å²) >= 11 is 1.24. The largest absolute Gasteiger partial charge is 0.299 e. The number of carbonyl (C=O) groups excluding carboxylic acids is 1. The van der Waals surface area contributed by atoms with Crippen LogP contribution in [-0.2, 0) is 4.79 Å². The lowest BCUT2D eigenvalue weighted by Crippen LogP contribution is -2.43. The summed E-state index contributed by atoms with van der Waals surface area (Å²) in [5, 5.41) is 10.7. The van der Waals surface area contributed by atoms with E-state index in [1.165, 1.54) is 18.7 Å². The first-order valence-electron chi connectivity index (χ1n) is 4.72. The molecule has 5 nitrogen and oxygen atoms in total. The van der Waals surface area contributed by atoms with Crippen LogP contribution in [0.1, 0.15) is 20.8 Å². The Bertz CT molecular complexity index is 244. The van der Waals surface area contributed by atoms with E-state index in [4.69, 9.17) is 0 Å². The third-order valence-corrected chi connectivity index (χ3v) is 2.72. The zero-order valence-electron chi connectivity index (χ0n) is 9.65. The quantitative estimate of drug-likeness (QED) is 0.511. The van der Waals surface area contributed by atoms with Gasteiger partial charge in [0.2, 0.25) is 5.54 Å². The molecule has 0 atom stereocenters. The van der Waals surface area contributed by atoms with Crippen molar-refractivity contribution in [2.45, 2.75) is 26.3 Å². The Balaban J connectivity index is 3.88. The molecule has 0 aromatic rings. The molecular weight excluding hydrogens is 216 g/mol. The van der Waals surface area contributed by atoms with Crippen LogP contribution < -0.4 is 0 Å². The van der Waals surface area contributed by atoms with Gasteiger partial charge in [-0.25, -0.2) is 0 Å². The monoisotopic (exact) mass is 234 g/mol. The van der Waals surface area contributed by atoms with Crippen LogP contribution in [0.4, 0.5) is 0 Å². The number of likely N-dealkylation sites (N-methyl/N-ethyl adjacent to an activating group) is 1. The molecule has 0 radical (unpaired) electrons. The van der Waals surface area contributed by atoms with E-state index in [1.807, 2.05) is 11.9 Å². The van der Waals surface area contributed by atoms with Crippen molar-refractivity contribution in [1.82, 2.24) is 4.90 Å². The summed E-state index contributed by atoms with van der Waals surface area (Å²) in [6.45, 7) is 5.79. The summed E-state index contributed by atoms with van der Waals surface area (Å²) in [6.07, 6.45) is 0. The number of hydrogen-bond donors (Lipinski definition) is 0. The van der Waals surface area contributed by atoms with E-state index in [1.54, 1.807) is 13.8 Å². The van der Waals surface area contributed by atoms with Gasteiger partial charge in [-0.1, -0.05) is 11.8 Å². The molecule has 0 heterocycles. The average molecular weight is 234 g/mol. The third kappa shape index (κ3) is 6.46. The molecular formula is C9H18N2O3S. The highest BCUT2D eigenvalue weighted by atomic mass is 32.2. The van der Waals surface area contributed by atoms with Crippen LogP contribution in [0.5, 0.6) is 0 Å². The molecule has 6 heteroatoms. The first-order chi connectivity index (χ1) is 6.75. The second-order valence-electron chi connectivity index (χ2n) is 4.15. The van der Waals surface area contributed by atoms with Gasteiger partial charge in [-0.3, -0.25) is 19.8 Å². The van der Waals surface area contributed by atoms with Gasteiger partial charge in [-0.2, -0.15) is 0 Å². The molecule has 0 aliphatic carbocycles. The Labute approximate surface area is 94.4 Å². The second-order valence-corrected chi connectivity index (χ2v) is 5.42. The average Bonchev–Trinajstić information content (AvgIpc) is 2.01. The Morgan fingerprint density at radius 3 is 2.47 bits per heavy atom. The van der Waals surface area contributed by atoms with E-state index >= 15 is 0 Å². The molecule has 0 spiro atoms. The summed E-state index contributed by atoms with van der Waals surface area (Å²) in [4.78, 5) is 22.9. The lowest BCUT2D eigenvalue weighted by Gasteiger charge is -2.23. The molecule has 15 heavy (non-hydrogen) atoms. The highest BCUT2D eigenvalue weighted by molar-refractivity contribution is 8.13. The maximum Gasteiger partial charge on any atom is 0.229 e. The molecule has 0 rings (SSSR count). The highest BCUT2D eigenvalue weighted by Crippen LogP contribution is 2.10. The maximum atomic E-state index is 10.7. The molecule has 0 amide bonds. The van der Waals surface area contributed by atoms with E-state index in [0.717, 1.165) is 0 Å². The standard InChI is InChI=1S/C9H18N2O3S/c1-8(12)15-6-5-10(4)7-9(2,3)11(13)14/h5-7H2,1-4H3. The fraction of sp³-hybridized carbons (Fsp3) is 0.889. The first kappa shape index (κ1) is 14.4. The van der Waals surface area contributed by atoms with Crippen LogP contribution in [0, 0.1) is 10.1 Å². The predicted molar refractivity (Wildman–Crippen MR) is 61.7 cm³/mol. The number of carbonyl (C=O) groups is 1. The fourth-order valence-corrected chi connectivity index (χ4v) is 1.83. The van der Waals surface area contributed by atoms with Crippen molar-refractivity contribution < 1.29 is 9.72 Å². The van der Waals surface area contributed by atoms with E-state index < -0.39 is 5.54 Å². The lowest BCUT2D eigenvalue weighted by atomic mass is 10.1. The molecule has 0 N–H and O–H groups in total. The van der Waals surface area contributed by atoms with Gasteiger partial charge in [-0.15, -0.1) is 0 Å². The summed E-state index contributed by atoms with van der Waals surface area (Å²) in [6, 6.07) is 0. The highest BCUT2D eigenvalue weighted by Gasteiger charge is 2.31. The summed E-state index contributed by atoms with van der Waals surface area (Å²) in [5.74, 6) is 0.680. The van der Waals surface area contributed by atoms with Gasteiger partial charge >= 0.3 is 0 Å². The second kappa shape index (κ2) is 6.07. The Morgan fingerprint density at radius 1 is 1.53 bits per heavy atom. The van der Waals surface area contributed by atoms with Crippen LogP contribution >= 0.6 is 11.8 Å². The Morgan fingerprint density at radius 2 is 2.07 bits per heavy atom. The van der Waals surface area contributed by atoms with Crippen molar-refractivity contribution in [3.05, 3.63) is 10.1 Å². The van der Waals surface area contributed by atoms with E-state index in [9.17, 15) is 14.9 Å². The molecule has 0 unspecified atom stereocenters. The third-order valence-electron chi connectivity index (χ3n) is 1.93. The Kier molecular flexibility index (Phi) is 5.82. The minimum absolute atomic E-state index is 0.0805. The SMILES string of the molecule is CC(=O)SCCN(C)CC(C)(C)[N+](=O)[O-]. The summed E-state index contributed by atoms with van der Waals surface area (Å²) in [7, 11) is 1.83.